The van der Waals surface area contributed by atoms with Crippen molar-refractivity contribution >= 4 is 29.0 Å². The summed E-state index contributed by atoms with van der Waals surface area (Å²) in [4.78, 5) is 33.9. The van der Waals surface area contributed by atoms with Crippen LogP contribution in [0.25, 0.3) is 17.0 Å². The molecule has 0 bridgehead atoms. The Labute approximate surface area is 185 Å². The molecule has 5 heterocycles. The van der Waals surface area contributed by atoms with Crippen LogP contribution in [0.2, 0.25) is 0 Å². The van der Waals surface area contributed by atoms with E-state index in [2.05, 4.69) is 30.2 Å². The average molecular weight is 429 g/mol. The molecule has 0 saturated carbocycles. The van der Waals surface area contributed by atoms with Crippen molar-refractivity contribution < 1.29 is 4.79 Å². The fourth-order valence-corrected chi connectivity index (χ4v) is 3.85. The van der Waals surface area contributed by atoms with Crippen LogP contribution in [0.3, 0.4) is 0 Å². The monoisotopic (exact) mass is 428 g/mol. The number of anilines is 3. The molecule has 4 aromatic heterocycles. The number of nitrogens with zero attached hydrogens (tertiary/aromatic N) is 7. The third kappa shape index (κ3) is 3.96. The van der Waals surface area contributed by atoms with E-state index >= 15 is 0 Å². The van der Waals surface area contributed by atoms with Crippen molar-refractivity contribution in [1.29, 1.82) is 0 Å². The highest BCUT2D eigenvalue weighted by molar-refractivity contribution is 5.73. The summed E-state index contributed by atoms with van der Waals surface area (Å²) in [5.74, 6) is 1.27. The summed E-state index contributed by atoms with van der Waals surface area (Å²) in [6.45, 7) is 6.67. The van der Waals surface area contributed by atoms with Crippen LogP contribution in [0.4, 0.5) is 17.5 Å². The van der Waals surface area contributed by atoms with E-state index < -0.39 is 0 Å². The lowest BCUT2D eigenvalue weighted by atomic mass is 10.2. The maximum absolute atomic E-state index is 11.5. The molecule has 4 aromatic rings. The van der Waals surface area contributed by atoms with Crippen LogP contribution in [0, 0.1) is 6.92 Å². The number of imidazole rings is 1. The maximum Gasteiger partial charge on any atom is 0.228 e. The van der Waals surface area contributed by atoms with Crippen LogP contribution >= 0.6 is 0 Å². The molecule has 1 saturated heterocycles. The lowest BCUT2D eigenvalue weighted by Crippen LogP contribution is -2.48. The van der Waals surface area contributed by atoms with Crippen LogP contribution < -0.4 is 10.2 Å². The highest BCUT2D eigenvalue weighted by atomic mass is 16.2. The highest BCUT2D eigenvalue weighted by Crippen LogP contribution is 2.23. The molecule has 9 heteroatoms. The molecule has 9 nitrogen and oxygen atoms in total. The number of piperazine rings is 1. The quantitative estimate of drug-likeness (QED) is 0.534. The van der Waals surface area contributed by atoms with Crippen LogP contribution in [0.5, 0.6) is 0 Å². The zero-order valence-corrected chi connectivity index (χ0v) is 18.1. The van der Waals surface area contributed by atoms with Gasteiger partial charge in [-0.2, -0.15) is 0 Å². The first-order valence-electron chi connectivity index (χ1n) is 10.6. The number of aromatic nitrogens is 5. The molecule has 0 spiro atoms. The van der Waals surface area contributed by atoms with Gasteiger partial charge in [0.1, 0.15) is 17.2 Å². The second-order valence-electron chi connectivity index (χ2n) is 7.84. The van der Waals surface area contributed by atoms with Gasteiger partial charge in [0.05, 0.1) is 17.6 Å². The van der Waals surface area contributed by atoms with E-state index in [1.807, 2.05) is 65.1 Å². The van der Waals surface area contributed by atoms with E-state index in [4.69, 9.17) is 0 Å². The van der Waals surface area contributed by atoms with Gasteiger partial charge >= 0.3 is 0 Å². The van der Waals surface area contributed by atoms with Gasteiger partial charge in [0, 0.05) is 51.7 Å². The largest absolute Gasteiger partial charge is 0.367 e. The van der Waals surface area contributed by atoms with Crippen LogP contribution in [-0.2, 0) is 4.79 Å². The van der Waals surface area contributed by atoms with Crippen molar-refractivity contribution in [3.8, 4) is 11.4 Å². The third-order valence-electron chi connectivity index (χ3n) is 5.66. The van der Waals surface area contributed by atoms with Crippen molar-refractivity contribution in [2.24, 2.45) is 0 Å². The van der Waals surface area contributed by atoms with Crippen LogP contribution in [0.1, 0.15) is 12.5 Å². The van der Waals surface area contributed by atoms with Gasteiger partial charge < -0.3 is 19.5 Å². The van der Waals surface area contributed by atoms with Gasteiger partial charge in [0.15, 0.2) is 0 Å². The summed E-state index contributed by atoms with van der Waals surface area (Å²) >= 11 is 0. The Hall–Kier alpha value is -4.01. The summed E-state index contributed by atoms with van der Waals surface area (Å²) < 4.78 is 1.97. The average Bonchev–Trinajstić information content (AvgIpc) is 3.25. The molecule has 1 aliphatic heterocycles. The topological polar surface area (TPSA) is 91.6 Å². The molecule has 32 heavy (non-hydrogen) atoms. The Morgan fingerprint density at radius 3 is 2.56 bits per heavy atom. The predicted octanol–water partition coefficient (Wildman–Crippen LogP) is 2.91. The molecule has 0 unspecified atom stereocenters. The number of fused-ring (bicyclic) bond motifs is 1. The number of hydrogen-bond donors (Lipinski definition) is 1. The molecule has 1 amide bonds. The van der Waals surface area contributed by atoms with Gasteiger partial charge in [-0.3, -0.25) is 4.79 Å². The van der Waals surface area contributed by atoms with E-state index in [0.717, 1.165) is 54.5 Å². The first-order valence-corrected chi connectivity index (χ1v) is 10.6. The Bertz CT molecular complexity index is 1230. The molecule has 0 atom stereocenters. The van der Waals surface area contributed by atoms with E-state index in [1.54, 1.807) is 13.1 Å². The second kappa shape index (κ2) is 8.26. The summed E-state index contributed by atoms with van der Waals surface area (Å²) in [5, 5.41) is 3.19. The number of carbonyl (C=O) groups excluding carboxylic acids is 1. The number of pyridine rings is 2. The number of hydrogen-bond acceptors (Lipinski definition) is 7. The predicted molar refractivity (Wildman–Crippen MR) is 123 cm³/mol. The molecule has 1 N–H and O–H groups in total. The van der Waals surface area contributed by atoms with E-state index in [1.165, 1.54) is 0 Å². The Kier molecular flexibility index (Phi) is 5.14. The summed E-state index contributed by atoms with van der Waals surface area (Å²) in [6.07, 6.45) is 7.56. The summed E-state index contributed by atoms with van der Waals surface area (Å²) in [7, 11) is 0. The fourth-order valence-electron chi connectivity index (χ4n) is 3.85. The molecule has 0 radical (unpaired) electrons. The number of amides is 1. The van der Waals surface area contributed by atoms with Crippen molar-refractivity contribution in [3.05, 3.63) is 60.7 Å². The standard InChI is InChI=1S/C23H24N8O/c1-16-13-25-23(28-22(16)19-15-31-8-4-3-5-21(31)26-19)27-20-7-6-18(14-24-20)30-11-9-29(10-12-30)17(2)32/h3-8,13-15H,9-12H2,1-2H3,(H,24,25,27,28). The fraction of sp³-hybridized carbons (Fsp3) is 0.261. The molecular formula is C23H24N8O. The van der Waals surface area contributed by atoms with Crippen LogP contribution in [-0.4, -0.2) is 61.3 Å². The van der Waals surface area contributed by atoms with Crippen molar-refractivity contribution in [2.45, 2.75) is 13.8 Å². The minimum absolute atomic E-state index is 0.128. The molecule has 1 fully saturated rings. The first-order chi connectivity index (χ1) is 15.6. The van der Waals surface area contributed by atoms with Crippen molar-refractivity contribution in [1.82, 2.24) is 29.2 Å². The lowest BCUT2D eigenvalue weighted by molar-refractivity contribution is -0.129. The normalized spacial score (nSPS) is 14.1. The Morgan fingerprint density at radius 1 is 1.00 bits per heavy atom. The van der Waals surface area contributed by atoms with Gasteiger partial charge in [-0.15, -0.1) is 0 Å². The molecular weight excluding hydrogens is 404 g/mol. The first kappa shape index (κ1) is 19.9. The second-order valence-corrected chi connectivity index (χ2v) is 7.84. The van der Waals surface area contributed by atoms with Gasteiger partial charge in [-0.05, 0) is 36.8 Å². The third-order valence-corrected chi connectivity index (χ3v) is 5.66. The minimum atomic E-state index is 0.128. The number of aryl methyl sites for hydroxylation is 1. The maximum atomic E-state index is 11.5. The molecule has 1 aliphatic rings. The van der Waals surface area contributed by atoms with E-state index in [-0.39, 0.29) is 5.91 Å². The van der Waals surface area contributed by atoms with Gasteiger partial charge in [0.2, 0.25) is 11.9 Å². The number of carbonyl (C=O) groups is 1. The number of rotatable bonds is 4. The Balaban J connectivity index is 1.31. The van der Waals surface area contributed by atoms with Crippen molar-refractivity contribution in [3.63, 3.8) is 0 Å². The highest BCUT2D eigenvalue weighted by Gasteiger charge is 2.19. The zero-order chi connectivity index (χ0) is 22.1. The molecule has 0 aromatic carbocycles. The SMILES string of the molecule is CC(=O)N1CCN(c2ccc(Nc3ncc(C)c(-c4cn5ccccc5n4)n3)nc2)CC1. The van der Waals surface area contributed by atoms with Gasteiger partial charge in [-0.25, -0.2) is 19.9 Å². The Morgan fingerprint density at radius 2 is 1.84 bits per heavy atom. The minimum Gasteiger partial charge on any atom is -0.367 e. The van der Waals surface area contributed by atoms with Gasteiger partial charge in [0.25, 0.3) is 0 Å². The lowest BCUT2D eigenvalue weighted by Gasteiger charge is -2.35. The summed E-state index contributed by atoms with van der Waals surface area (Å²) in [6, 6.07) is 9.84. The summed E-state index contributed by atoms with van der Waals surface area (Å²) in [5.41, 5.74) is 4.44. The number of nitrogens with one attached hydrogen (secondary N) is 1. The van der Waals surface area contributed by atoms with Gasteiger partial charge in [-0.1, -0.05) is 6.07 Å². The van der Waals surface area contributed by atoms with Crippen LogP contribution in [0.15, 0.2) is 55.1 Å². The van der Waals surface area contributed by atoms with E-state index in [0.29, 0.717) is 11.8 Å². The zero-order valence-electron chi connectivity index (χ0n) is 18.1. The van der Waals surface area contributed by atoms with Crippen molar-refractivity contribution in [2.75, 3.05) is 36.4 Å². The molecule has 0 aliphatic carbocycles. The van der Waals surface area contributed by atoms with E-state index in [9.17, 15) is 4.79 Å². The molecule has 162 valence electrons. The molecule has 5 rings (SSSR count). The smallest absolute Gasteiger partial charge is 0.228 e.